The first kappa shape index (κ1) is 50.3. The summed E-state index contributed by atoms with van der Waals surface area (Å²) < 4.78 is 22.3. The summed E-state index contributed by atoms with van der Waals surface area (Å²) in [5.74, 6) is -1.80. The van der Waals surface area contributed by atoms with Crippen LogP contribution in [0.15, 0.2) is 48.8 Å². The fraction of sp³-hybridized carbons (Fsp3) is 0.532. The molecule has 2 aromatic carbocycles. The molecule has 0 bridgehead atoms. The predicted octanol–water partition coefficient (Wildman–Crippen LogP) is 1.78. The Balaban J connectivity index is 0.691. The molecule has 366 valence electrons. The second-order valence-corrected chi connectivity index (χ2v) is 17.4. The van der Waals surface area contributed by atoms with Gasteiger partial charge in [0.1, 0.15) is 18.2 Å². The molecule has 2 saturated heterocycles. The van der Waals surface area contributed by atoms with Crippen LogP contribution in [0.5, 0.6) is 0 Å². The molecule has 20 nitrogen and oxygen atoms in total. The lowest BCUT2D eigenvalue weighted by atomic mass is 9.97. The molecule has 4 atom stereocenters. The van der Waals surface area contributed by atoms with Crippen molar-refractivity contribution in [3.63, 3.8) is 0 Å². The largest absolute Gasteiger partial charge is 0.387 e. The van der Waals surface area contributed by atoms with Crippen LogP contribution in [-0.4, -0.2) is 172 Å². The molecule has 7 rings (SSSR count). The summed E-state index contributed by atoms with van der Waals surface area (Å²) in [6, 6.07) is 11.2. The van der Waals surface area contributed by atoms with Gasteiger partial charge in [-0.25, -0.2) is 9.97 Å². The topological polar surface area (TPSA) is 243 Å². The van der Waals surface area contributed by atoms with Crippen molar-refractivity contribution in [3.8, 4) is 0 Å². The molecule has 5 N–H and O–H groups in total. The Bertz CT molecular complexity index is 2260. The number of carbonyl (C=O) groups excluding carboxylic acids is 6. The molecule has 4 aliphatic rings. The van der Waals surface area contributed by atoms with Crippen LogP contribution in [0.1, 0.15) is 88.1 Å². The van der Waals surface area contributed by atoms with Crippen molar-refractivity contribution >= 4 is 58.5 Å². The number of aromatic nitrogens is 2. The average Bonchev–Trinajstić information content (AvgIpc) is 3.78. The molecule has 6 amide bonds. The molecular formula is C47H60ClN9O11. The maximum atomic E-state index is 14.0. The van der Waals surface area contributed by atoms with E-state index >= 15 is 0 Å². The molecular weight excluding hydrogens is 902 g/mol. The number of aliphatic hydroxyl groups is 1. The number of aliphatic hydroxyl groups excluding tert-OH is 1. The SMILES string of the molecule is C[C@@H]1C[C@@H](O)c2ncnc(N3CCN(C(=O)[C@H](CNCCNC(=O)CCOCCOCCOCCOCCNc4cccc5c4C(=O)N(C4CCC(=O)NC4=O)C5=O)c4ccc(Cl)cc4)CC3)c21. The quantitative estimate of drug-likeness (QED) is 0.0601. The maximum Gasteiger partial charge on any atom is 0.264 e. The molecule has 2 fully saturated rings. The lowest BCUT2D eigenvalue weighted by Gasteiger charge is -2.38. The molecule has 4 heterocycles. The highest BCUT2D eigenvalue weighted by molar-refractivity contribution is 6.30. The number of imide groups is 2. The van der Waals surface area contributed by atoms with E-state index in [1.165, 1.54) is 6.33 Å². The number of nitrogens with one attached hydrogen (secondary N) is 4. The number of nitrogens with zero attached hydrogens (tertiary/aromatic N) is 5. The van der Waals surface area contributed by atoms with Gasteiger partial charge in [0.2, 0.25) is 23.6 Å². The highest BCUT2D eigenvalue weighted by Crippen LogP contribution is 2.43. The second kappa shape index (κ2) is 24.6. The van der Waals surface area contributed by atoms with Crippen LogP contribution in [0.4, 0.5) is 11.5 Å². The van der Waals surface area contributed by atoms with Crippen molar-refractivity contribution in [2.24, 2.45) is 0 Å². The van der Waals surface area contributed by atoms with E-state index in [0.717, 1.165) is 21.8 Å². The summed E-state index contributed by atoms with van der Waals surface area (Å²) in [7, 11) is 0. The third-order valence-corrected chi connectivity index (χ3v) is 12.6. The van der Waals surface area contributed by atoms with Gasteiger partial charge in [0, 0.05) is 81.5 Å². The summed E-state index contributed by atoms with van der Waals surface area (Å²) in [4.78, 5) is 90.5. The number of piperidine rings is 1. The third-order valence-electron chi connectivity index (χ3n) is 12.3. The molecule has 0 saturated carbocycles. The number of benzene rings is 2. The van der Waals surface area contributed by atoms with Gasteiger partial charge in [-0.3, -0.25) is 39.0 Å². The summed E-state index contributed by atoms with van der Waals surface area (Å²) >= 11 is 6.17. The van der Waals surface area contributed by atoms with Gasteiger partial charge in [-0.1, -0.05) is 36.7 Å². The van der Waals surface area contributed by atoms with Crippen LogP contribution in [0, 0.1) is 0 Å². The van der Waals surface area contributed by atoms with Gasteiger partial charge >= 0.3 is 0 Å². The summed E-state index contributed by atoms with van der Waals surface area (Å²) in [5.41, 5.74) is 3.41. The smallest absolute Gasteiger partial charge is 0.264 e. The molecule has 1 aromatic heterocycles. The van der Waals surface area contributed by atoms with Gasteiger partial charge in [-0.15, -0.1) is 0 Å². The van der Waals surface area contributed by atoms with Crippen molar-refractivity contribution in [3.05, 3.63) is 81.8 Å². The maximum absolute atomic E-state index is 14.0. The number of ether oxygens (including phenoxy) is 4. The predicted molar refractivity (Wildman–Crippen MR) is 248 cm³/mol. The fourth-order valence-electron chi connectivity index (χ4n) is 8.83. The molecule has 0 radical (unpaired) electrons. The van der Waals surface area contributed by atoms with E-state index < -0.39 is 41.7 Å². The second-order valence-electron chi connectivity index (χ2n) is 16.9. The van der Waals surface area contributed by atoms with Gasteiger partial charge in [-0.05, 0) is 48.6 Å². The number of rotatable bonds is 25. The number of halogens is 1. The molecule has 1 aliphatic carbocycles. The molecule has 3 aromatic rings. The van der Waals surface area contributed by atoms with Crippen molar-refractivity contribution in [1.82, 2.24) is 35.7 Å². The Morgan fingerprint density at radius 2 is 1.54 bits per heavy atom. The molecule has 68 heavy (non-hydrogen) atoms. The Hall–Kier alpha value is -5.61. The van der Waals surface area contributed by atoms with Crippen molar-refractivity contribution in [2.75, 3.05) is 115 Å². The van der Waals surface area contributed by atoms with Crippen LogP contribution in [0.2, 0.25) is 5.02 Å². The van der Waals surface area contributed by atoms with Gasteiger partial charge in [-0.2, -0.15) is 0 Å². The van der Waals surface area contributed by atoms with Gasteiger partial charge in [0.15, 0.2) is 0 Å². The van der Waals surface area contributed by atoms with Crippen LogP contribution in [0.3, 0.4) is 0 Å². The minimum absolute atomic E-state index is 0.0142. The number of carbonyl (C=O) groups is 6. The number of amides is 6. The van der Waals surface area contributed by atoms with Gasteiger partial charge < -0.3 is 49.8 Å². The lowest BCUT2D eigenvalue weighted by Crippen LogP contribution is -2.54. The number of fused-ring (bicyclic) bond motifs is 2. The van der Waals surface area contributed by atoms with Crippen LogP contribution < -0.4 is 26.2 Å². The normalized spacial score (nSPS) is 19.5. The number of anilines is 2. The Morgan fingerprint density at radius 1 is 0.853 bits per heavy atom. The average molecular weight is 963 g/mol. The Kier molecular flexibility index (Phi) is 18.2. The number of hydrogen-bond acceptors (Lipinski definition) is 16. The van der Waals surface area contributed by atoms with Crippen molar-refractivity contribution in [1.29, 1.82) is 0 Å². The standard InChI is InChI=1S/C47H60ClN9O11/c1-30-27-37(58)42-40(30)43(53-29-52-42)55-15-17-56(18-16-55)45(62)34(31-5-7-32(48)8-6-31)28-49-12-13-51-38(59)11-19-65-21-23-67-25-26-68-24-22-66-20-14-50-35-4-2-3-33-41(35)47(64)57(46(33)63)36-9-10-39(60)54-44(36)61/h2-8,29-30,34,36-37,49-50,58H,9-28H2,1H3,(H,51,59)(H,54,60,61)/t30-,34-,36?,37-/m1/s1. The van der Waals surface area contributed by atoms with Crippen molar-refractivity contribution in [2.45, 2.75) is 56.6 Å². The first-order chi connectivity index (χ1) is 33.0. The number of piperazine rings is 1. The minimum Gasteiger partial charge on any atom is -0.387 e. The zero-order valence-corrected chi connectivity index (χ0v) is 39.0. The molecule has 1 unspecified atom stereocenters. The van der Waals surface area contributed by atoms with E-state index in [1.807, 2.05) is 17.0 Å². The molecule has 21 heteroatoms. The van der Waals surface area contributed by atoms with E-state index in [0.29, 0.717) is 121 Å². The van der Waals surface area contributed by atoms with Crippen molar-refractivity contribution < 1.29 is 52.8 Å². The molecule has 0 spiro atoms. The van der Waals surface area contributed by atoms with Crippen LogP contribution in [0.25, 0.3) is 0 Å². The Morgan fingerprint density at radius 3 is 2.25 bits per heavy atom. The summed E-state index contributed by atoms with van der Waals surface area (Å²) in [6.45, 7) is 8.60. The van der Waals surface area contributed by atoms with Gasteiger partial charge in [0.05, 0.1) is 81.7 Å². The van der Waals surface area contributed by atoms with E-state index in [9.17, 15) is 33.9 Å². The van der Waals surface area contributed by atoms with E-state index in [-0.39, 0.29) is 54.7 Å². The summed E-state index contributed by atoms with van der Waals surface area (Å²) in [5, 5.41) is 22.6. The lowest BCUT2D eigenvalue weighted by molar-refractivity contribution is -0.136. The zero-order chi connectivity index (χ0) is 48.0. The zero-order valence-electron chi connectivity index (χ0n) is 38.2. The van der Waals surface area contributed by atoms with Gasteiger partial charge in [0.25, 0.3) is 11.8 Å². The summed E-state index contributed by atoms with van der Waals surface area (Å²) in [6.07, 6.45) is 1.90. The monoisotopic (exact) mass is 961 g/mol. The highest BCUT2D eigenvalue weighted by Gasteiger charge is 2.45. The minimum atomic E-state index is -1.03. The Labute approximate surface area is 399 Å². The highest BCUT2D eigenvalue weighted by atomic mass is 35.5. The van der Waals surface area contributed by atoms with E-state index in [2.05, 4.69) is 43.1 Å². The van der Waals surface area contributed by atoms with Crippen LogP contribution >= 0.6 is 11.6 Å². The number of hydrogen-bond donors (Lipinski definition) is 5. The van der Waals surface area contributed by atoms with Crippen LogP contribution in [-0.2, 0) is 38.1 Å². The first-order valence-corrected chi connectivity index (χ1v) is 23.6. The fourth-order valence-corrected chi connectivity index (χ4v) is 8.95. The van der Waals surface area contributed by atoms with E-state index in [1.54, 1.807) is 30.3 Å². The first-order valence-electron chi connectivity index (χ1n) is 23.2. The molecule has 3 aliphatic heterocycles. The van der Waals surface area contributed by atoms with E-state index in [4.69, 9.17) is 30.5 Å². The third kappa shape index (κ3) is 12.7.